The van der Waals surface area contributed by atoms with Crippen molar-refractivity contribution >= 4 is 29.2 Å². The number of benzene rings is 1. The van der Waals surface area contributed by atoms with E-state index in [4.69, 9.17) is 16.7 Å². The molecule has 0 bridgehead atoms. The van der Waals surface area contributed by atoms with Gasteiger partial charge in [0.15, 0.2) is 0 Å². The molecule has 2 aliphatic rings. The van der Waals surface area contributed by atoms with Gasteiger partial charge in [-0.3, -0.25) is 10.0 Å². The number of halogens is 2. The molecule has 3 rings (SSSR count). The average Bonchev–Trinajstić information content (AvgIpc) is 2.72. The minimum atomic E-state index is -0.389. The second-order valence-electron chi connectivity index (χ2n) is 5.30. The summed E-state index contributed by atoms with van der Waals surface area (Å²) in [4.78, 5) is 4.63. The monoisotopic (exact) mass is 325 g/mol. The van der Waals surface area contributed by atoms with Gasteiger partial charge in [0.05, 0.1) is 16.8 Å². The molecular weight excluding hydrogens is 309 g/mol. The quantitative estimate of drug-likeness (QED) is 0.830. The van der Waals surface area contributed by atoms with E-state index < -0.39 is 0 Å². The van der Waals surface area contributed by atoms with Crippen LogP contribution in [0, 0.1) is 5.82 Å². The van der Waals surface area contributed by atoms with Crippen LogP contribution in [0.1, 0.15) is 19.3 Å². The van der Waals surface area contributed by atoms with Crippen molar-refractivity contribution in [3.05, 3.63) is 47.6 Å². The largest absolute Gasteiger partial charge is 0.350 e. The van der Waals surface area contributed by atoms with Crippen LogP contribution in [0.2, 0.25) is 5.02 Å². The predicted octanol–water partition coefficient (Wildman–Crippen LogP) is 4.10. The molecule has 0 spiro atoms. The van der Waals surface area contributed by atoms with Crippen molar-refractivity contribution in [2.24, 2.45) is 5.14 Å². The lowest BCUT2D eigenvalue weighted by Gasteiger charge is -2.30. The first kappa shape index (κ1) is 14.8. The van der Waals surface area contributed by atoms with Crippen LogP contribution in [-0.4, -0.2) is 17.5 Å². The van der Waals surface area contributed by atoms with Crippen LogP contribution < -0.4 is 10.0 Å². The molecular formula is C15H17ClFN3S. The Labute approximate surface area is 133 Å². The Bertz CT molecular complexity index is 595. The number of nitrogens with two attached hydrogens (primary N) is 1. The molecule has 2 N–H and O–H groups in total. The van der Waals surface area contributed by atoms with E-state index in [1.165, 1.54) is 6.07 Å². The van der Waals surface area contributed by atoms with Crippen LogP contribution in [-0.2, 0) is 0 Å². The third kappa shape index (κ3) is 2.33. The maximum absolute atomic E-state index is 14.4. The average molecular weight is 326 g/mol. The van der Waals surface area contributed by atoms with Crippen LogP contribution in [0.4, 0.5) is 10.1 Å². The molecule has 6 heteroatoms. The maximum Gasteiger partial charge on any atom is 0.148 e. The van der Waals surface area contributed by atoms with Gasteiger partial charge >= 0.3 is 0 Å². The van der Waals surface area contributed by atoms with E-state index in [9.17, 15) is 4.39 Å². The molecule has 1 aromatic carbocycles. The number of anilines is 1. The first-order valence-electron chi connectivity index (χ1n) is 6.85. The third-order valence-corrected chi connectivity index (χ3v) is 5.15. The summed E-state index contributed by atoms with van der Waals surface area (Å²) >= 11 is 7.00. The van der Waals surface area contributed by atoms with Gasteiger partial charge in [0.1, 0.15) is 11.6 Å². The van der Waals surface area contributed by atoms with Crippen molar-refractivity contribution in [3.63, 3.8) is 0 Å². The Hall–Kier alpha value is -1.17. The molecule has 2 aliphatic heterocycles. The summed E-state index contributed by atoms with van der Waals surface area (Å²) in [6, 6.07) is 3.18. The van der Waals surface area contributed by atoms with E-state index in [-0.39, 0.29) is 11.9 Å². The summed E-state index contributed by atoms with van der Waals surface area (Å²) in [5.41, 5.74) is 1.28. The lowest BCUT2D eigenvalue weighted by molar-refractivity contribution is 0.250. The van der Waals surface area contributed by atoms with E-state index in [2.05, 4.69) is 18.1 Å². The van der Waals surface area contributed by atoms with E-state index in [0.717, 1.165) is 49.3 Å². The SMILES string of the molecule is C=C1C2CCCCN2C(=C)N1c1cc(SN)c(Cl)cc1F. The molecule has 2 saturated heterocycles. The summed E-state index contributed by atoms with van der Waals surface area (Å²) in [5, 5.41) is 5.91. The summed E-state index contributed by atoms with van der Waals surface area (Å²) in [6.07, 6.45) is 3.32. The van der Waals surface area contributed by atoms with E-state index in [1.807, 2.05) is 0 Å². The van der Waals surface area contributed by atoms with Gasteiger partial charge in [0, 0.05) is 17.1 Å². The minimum absolute atomic E-state index is 0.218. The zero-order valence-electron chi connectivity index (χ0n) is 11.6. The van der Waals surface area contributed by atoms with Crippen LogP contribution in [0.3, 0.4) is 0 Å². The smallest absolute Gasteiger partial charge is 0.148 e. The molecule has 1 unspecified atom stereocenters. The van der Waals surface area contributed by atoms with Crippen molar-refractivity contribution < 1.29 is 4.39 Å². The fourth-order valence-electron chi connectivity index (χ4n) is 3.10. The fourth-order valence-corrected chi connectivity index (χ4v) is 3.74. The molecule has 2 heterocycles. The number of hydrogen-bond acceptors (Lipinski definition) is 4. The Kier molecular flexibility index (Phi) is 3.90. The Balaban J connectivity index is 2.04. The van der Waals surface area contributed by atoms with E-state index >= 15 is 0 Å². The van der Waals surface area contributed by atoms with Crippen molar-refractivity contribution in [1.29, 1.82) is 0 Å². The molecule has 21 heavy (non-hydrogen) atoms. The van der Waals surface area contributed by atoms with Gasteiger partial charge < -0.3 is 4.90 Å². The highest BCUT2D eigenvalue weighted by Crippen LogP contribution is 2.42. The van der Waals surface area contributed by atoms with Crippen molar-refractivity contribution in [2.75, 3.05) is 11.4 Å². The molecule has 3 nitrogen and oxygen atoms in total. The molecule has 0 saturated carbocycles. The number of hydrogen-bond donors (Lipinski definition) is 1. The zero-order chi connectivity index (χ0) is 15.1. The molecule has 0 aromatic heterocycles. The van der Waals surface area contributed by atoms with Crippen LogP contribution in [0.25, 0.3) is 0 Å². The van der Waals surface area contributed by atoms with Crippen LogP contribution in [0.15, 0.2) is 41.7 Å². The molecule has 112 valence electrons. The molecule has 0 amide bonds. The summed E-state index contributed by atoms with van der Waals surface area (Å²) in [7, 11) is 0. The van der Waals surface area contributed by atoms with E-state index in [0.29, 0.717) is 15.6 Å². The minimum Gasteiger partial charge on any atom is -0.350 e. The predicted molar refractivity (Wildman–Crippen MR) is 86.6 cm³/mol. The third-order valence-electron chi connectivity index (χ3n) is 4.13. The summed E-state index contributed by atoms with van der Waals surface area (Å²) < 4.78 is 14.4. The van der Waals surface area contributed by atoms with Crippen molar-refractivity contribution in [3.8, 4) is 0 Å². The van der Waals surface area contributed by atoms with Gasteiger partial charge in [-0.15, -0.1) is 0 Å². The molecule has 1 atom stereocenters. The van der Waals surface area contributed by atoms with Gasteiger partial charge in [-0.25, -0.2) is 4.39 Å². The Morgan fingerprint density at radius 3 is 2.76 bits per heavy atom. The molecule has 0 aliphatic carbocycles. The number of nitrogens with zero attached hydrogens (tertiary/aromatic N) is 2. The highest BCUT2D eigenvalue weighted by Gasteiger charge is 2.39. The van der Waals surface area contributed by atoms with Crippen LogP contribution in [0.5, 0.6) is 0 Å². The topological polar surface area (TPSA) is 32.5 Å². The van der Waals surface area contributed by atoms with Crippen LogP contribution >= 0.6 is 23.5 Å². The fraction of sp³-hybridized carbons (Fsp3) is 0.333. The lowest BCUT2D eigenvalue weighted by Crippen LogP contribution is -2.33. The Morgan fingerprint density at radius 2 is 2.10 bits per heavy atom. The Morgan fingerprint density at radius 1 is 1.33 bits per heavy atom. The van der Waals surface area contributed by atoms with E-state index in [1.54, 1.807) is 11.0 Å². The zero-order valence-corrected chi connectivity index (χ0v) is 13.2. The normalized spacial score (nSPS) is 22.0. The second-order valence-corrected chi connectivity index (χ2v) is 6.38. The first-order chi connectivity index (χ1) is 10.0. The molecule has 0 radical (unpaired) electrons. The number of rotatable bonds is 2. The number of fused-ring (bicyclic) bond motifs is 1. The van der Waals surface area contributed by atoms with Gasteiger partial charge in [-0.05, 0) is 43.3 Å². The summed E-state index contributed by atoms with van der Waals surface area (Å²) in [6.45, 7) is 9.21. The lowest BCUT2D eigenvalue weighted by atomic mass is 10.0. The molecule has 1 aromatic rings. The van der Waals surface area contributed by atoms with Gasteiger partial charge in [0.2, 0.25) is 0 Å². The highest BCUT2D eigenvalue weighted by molar-refractivity contribution is 7.97. The van der Waals surface area contributed by atoms with Gasteiger partial charge in [-0.1, -0.05) is 24.8 Å². The highest BCUT2D eigenvalue weighted by atomic mass is 35.5. The first-order valence-corrected chi connectivity index (χ1v) is 8.10. The van der Waals surface area contributed by atoms with Crippen molar-refractivity contribution in [1.82, 2.24) is 4.90 Å². The van der Waals surface area contributed by atoms with Gasteiger partial charge in [-0.2, -0.15) is 0 Å². The standard InChI is InChI=1S/C15H17ClFN3S/c1-9-13-5-3-4-6-19(13)10(2)20(9)14-8-15(21-18)11(16)7-12(14)17/h7-8,13H,1-6,18H2. The summed E-state index contributed by atoms with van der Waals surface area (Å²) in [5.74, 6) is 0.388. The molecule has 2 fully saturated rings. The maximum atomic E-state index is 14.4. The second kappa shape index (κ2) is 5.55. The number of piperidine rings is 1. The van der Waals surface area contributed by atoms with Gasteiger partial charge in [0.25, 0.3) is 0 Å². The van der Waals surface area contributed by atoms with Crippen molar-refractivity contribution in [2.45, 2.75) is 30.2 Å².